The smallest absolute Gasteiger partial charge is 0.275 e. The van der Waals surface area contributed by atoms with Crippen molar-refractivity contribution < 1.29 is 4.79 Å². The van der Waals surface area contributed by atoms with Gasteiger partial charge < -0.3 is 0 Å². The number of thioether (sulfide) groups is 1. The predicted molar refractivity (Wildman–Crippen MR) is 69.9 cm³/mol. The molecule has 0 spiro atoms. The molecule has 0 aliphatic carbocycles. The van der Waals surface area contributed by atoms with Crippen molar-refractivity contribution in [2.24, 2.45) is 5.84 Å². The summed E-state index contributed by atoms with van der Waals surface area (Å²) < 4.78 is 1.29. The standard InChI is InChI=1S/C10H10N2OS3/c11-12-10(13)8-4-3-7(16-8)6-15-9-2-1-5-14-9/h1-5H,6,11H2,(H,12,13). The second kappa shape index (κ2) is 5.49. The van der Waals surface area contributed by atoms with Crippen molar-refractivity contribution in [1.82, 2.24) is 5.43 Å². The fourth-order valence-corrected chi connectivity index (χ4v) is 3.87. The first kappa shape index (κ1) is 11.7. The summed E-state index contributed by atoms with van der Waals surface area (Å²) in [6, 6.07) is 7.90. The number of hydrogen-bond acceptors (Lipinski definition) is 5. The maximum absolute atomic E-state index is 11.2. The number of hydrazine groups is 1. The lowest BCUT2D eigenvalue weighted by Crippen LogP contribution is -2.29. The molecule has 6 heteroatoms. The number of hydrogen-bond donors (Lipinski definition) is 2. The summed E-state index contributed by atoms with van der Waals surface area (Å²) in [5.41, 5.74) is 2.13. The molecule has 2 rings (SSSR count). The average Bonchev–Trinajstić information content (AvgIpc) is 2.96. The molecule has 2 aromatic rings. The Morgan fingerprint density at radius 2 is 2.31 bits per heavy atom. The Hall–Kier alpha value is -0.820. The van der Waals surface area contributed by atoms with Crippen LogP contribution >= 0.6 is 34.4 Å². The van der Waals surface area contributed by atoms with Crippen LogP contribution in [-0.4, -0.2) is 5.91 Å². The van der Waals surface area contributed by atoms with Crippen LogP contribution < -0.4 is 11.3 Å². The van der Waals surface area contributed by atoms with Gasteiger partial charge in [0, 0.05) is 10.6 Å². The van der Waals surface area contributed by atoms with E-state index in [1.165, 1.54) is 20.4 Å². The minimum Gasteiger partial charge on any atom is -0.289 e. The summed E-state index contributed by atoms with van der Waals surface area (Å²) in [6.45, 7) is 0. The van der Waals surface area contributed by atoms with Gasteiger partial charge in [0.05, 0.1) is 9.09 Å². The molecule has 0 aliphatic rings. The lowest BCUT2D eigenvalue weighted by Gasteiger charge is -1.95. The highest BCUT2D eigenvalue weighted by molar-refractivity contribution is 8.00. The predicted octanol–water partition coefficient (Wildman–Crippen LogP) is 2.71. The van der Waals surface area contributed by atoms with E-state index in [0.717, 1.165) is 5.75 Å². The topological polar surface area (TPSA) is 55.1 Å². The van der Waals surface area contributed by atoms with E-state index in [9.17, 15) is 4.79 Å². The quantitative estimate of drug-likeness (QED) is 0.389. The summed E-state index contributed by atoms with van der Waals surface area (Å²) in [5, 5.41) is 2.06. The average molecular weight is 270 g/mol. The number of carbonyl (C=O) groups excluding carboxylic acids is 1. The molecule has 16 heavy (non-hydrogen) atoms. The zero-order valence-electron chi connectivity index (χ0n) is 8.30. The third-order valence-corrected chi connectivity index (χ3v) is 5.31. The minimum atomic E-state index is -0.225. The van der Waals surface area contributed by atoms with Crippen molar-refractivity contribution in [3.8, 4) is 0 Å². The van der Waals surface area contributed by atoms with E-state index >= 15 is 0 Å². The Morgan fingerprint density at radius 1 is 1.44 bits per heavy atom. The van der Waals surface area contributed by atoms with Crippen molar-refractivity contribution in [3.05, 3.63) is 39.4 Å². The Labute approximate surface area is 106 Å². The lowest BCUT2D eigenvalue weighted by atomic mass is 10.4. The molecule has 2 heterocycles. The monoisotopic (exact) mass is 270 g/mol. The molecular weight excluding hydrogens is 260 g/mol. The van der Waals surface area contributed by atoms with Gasteiger partial charge in [-0.2, -0.15) is 0 Å². The van der Waals surface area contributed by atoms with E-state index in [-0.39, 0.29) is 5.91 Å². The van der Waals surface area contributed by atoms with Gasteiger partial charge in [-0.3, -0.25) is 10.2 Å². The minimum absolute atomic E-state index is 0.225. The molecule has 2 aromatic heterocycles. The van der Waals surface area contributed by atoms with Crippen LogP contribution in [0.25, 0.3) is 0 Å². The molecule has 3 nitrogen and oxygen atoms in total. The Balaban J connectivity index is 1.95. The van der Waals surface area contributed by atoms with Gasteiger partial charge in [0.25, 0.3) is 5.91 Å². The van der Waals surface area contributed by atoms with Gasteiger partial charge in [0.15, 0.2) is 0 Å². The van der Waals surface area contributed by atoms with E-state index in [4.69, 9.17) is 5.84 Å². The van der Waals surface area contributed by atoms with E-state index in [2.05, 4.69) is 16.9 Å². The Bertz CT molecular complexity index is 464. The number of amides is 1. The maximum atomic E-state index is 11.2. The van der Waals surface area contributed by atoms with Gasteiger partial charge in [-0.05, 0) is 23.6 Å². The molecule has 1 amide bonds. The molecule has 3 N–H and O–H groups in total. The van der Waals surface area contributed by atoms with Gasteiger partial charge in [-0.1, -0.05) is 6.07 Å². The first-order valence-electron chi connectivity index (χ1n) is 4.55. The van der Waals surface area contributed by atoms with Crippen LogP contribution in [0.1, 0.15) is 14.5 Å². The van der Waals surface area contributed by atoms with Crippen LogP contribution in [0.3, 0.4) is 0 Å². The summed E-state index contributed by atoms with van der Waals surface area (Å²) in [5.74, 6) is 5.74. The van der Waals surface area contributed by atoms with E-state index in [1.807, 2.05) is 12.1 Å². The highest BCUT2D eigenvalue weighted by Gasteiger charge is 2.07. The molecule has 0 unspecified atom stereocenters. The van der Waals surface area contributed by atoms with Crippen molar-refractivity contribution in [2.45, 2.75) is 9.96 Å². The van der Waals surface area contributed by atoms with Crippen LogP contribution in [0.5, 0.6) is 0 Å². The number of nitrogens with two attached hydrogens (primary N) is 1. The highest BCUT2D eigenvalue weighted by Crippen LogP contribution is 2.29. The third-order valence-electron chi connectivity index (χ3n) is 1.87. The van der Waals surface area contributed by atoms with E-state index < -0.39 is 0 Å². The van der Waals surface area contributed by atoms with Crippen LogP contribution in [0.15, 0.2) is 33.9 Å². The summed E-state index contributed by atoms with van der Waals surface area (Å²) >= 11 is 4.99. The Morgan fingerprint density at radius 3 is 3.00 bits per heavy atom. The summed E-state index contributed by atoms with van der Waals surface area (Å²) in [7, 11) is 0. The molecule has 0 bridgehead atoms. The third kappa shape index (κ3) is 2.85. The second-order valence-electron chi connectivity index (χ2n) is 2.96. The summed E-state index contributed by atoms with van der Waals surface area (Å²) in [6.07, 6.45) is 0. The van der Waals surface area contributed by atoms with Gasteiger partial charge in [0.1, 0.15) is 0 Å². The van der Waals surface area contributed by atoms with E-state index in [0.29, 0.717) is 4.88 Å². The van der Waals surface area contributed by atoms with Gasteiger partial charge in [-0.25, -0.2) is 5.84 Å². The number of nitrogens with one attached hydrogen (secondary N) is 1. The molecule has 0 aromatic carbocycles. The number of rotatable bonds is 4. The van der Waals surface area contributed by atoms with Crippen LogP contribution in [-0.2, 0) is 5.75 Å². The first-order valence-corrected chi connectivity index (χ1v) is 7.24. The maximum Gasteiger partial charge on any atom is 0.275 e. The van der Waals surface area contributed by atoms with Crippen molar-refractivity contribution in [1.29, 1.82) is 0 Å². The molecule has 0 atom stereocenters. The van der Waals surface area contributed by atoms with Crippen molar-refractivity contribution in [3.63, 3.8) is 0 Å². The molecule has 0 fully saturated rings. The number of nitrogen functional groups attached to an aromatic ring is 1. The van der Waals surface area contributed by atoms with Gasteiger partial charge in [0.2, 0.25) is 0 Å². The van der Waals surface area contributed by atoms with Crippen LogP contribution in [0, 0.1) is 0 Å². The van der Waals surface area contributed by atoms with Crippen molar-refractivity contribution in [2.75, 3.05) is 0 Å². The Kier molecular flexibility index (Phi) is 4.00. The largest absolute Gasteiger partial charge is 0.289 e. The molecule has 0 saturated carbocycles. The van der Waals surface area contributed by atoms with Crippen molar-refractivity contribution >= 4 is 40.3 Å². The fraction of sp³-hybridized carbons (Fsp3) is 0.100. The molecular formula is C10H10N2OS3. The normalized spacial score (nSPS) is 10.3. The molecule has 84 valence electrons. The van der Waals surface area contributed by atoms with E-state index in [1.54, 1.807) is 29.2 Å². The van der Waals surface area contributed by atoms with Gasteiger partial charge >= 0.3 is 0 Å². The zero-order chi connectivity index (χ0) is 11.4. The number of carbonyl (C=O) groups is 1. The lowest BCUT2D eigenvalue weighted by molar-refractivity contribution is 0.0957. The SMILES string of the molecule is NNC(=O)c1ccc(CSc2cccs2)s1. The molecule has 0 radical (unpaired) electrons. The first-order chi connectivity index (χ1) is 7.79. The van der Waals surface area contributed by atoms with Crippen LogP contribution in [0.4, 0.5) is 0 Å². The van der Waals surface area contributed by atoms with Crippen LogP contribution in [0.2, 0.25) is 0 Å². The molecule has 0 aliphatic heterocycles. The zero-order valence-corrected chi connectivity index (χ0v) is 10.8. The fourth-order valence-electron chi connectivity index (χ4n) is 1.14. The summed E-state index contributed by atoms with van der Waals surface area (Å²) in [4.78, 5) is 13.1. The molecule has 0 saturated heterocycles. The second-order valence-corrected chi connectivity index (χ2v) is 6.35. The van der Waals surface area contributed by atoms with Gasteiger partial charge in [-0.15, -0.1) is 34.4 Å². The number of thiophene rings is 2. The highest BCUT2D eigenvalue weighted by atomic mass is 32.2.